The van der Waals surface area contributed by atoms with Crippen molar-refractivity contribution in [1.29, 1.82) is 0 Å². The van der Waals surface area contributed by atoms with Crippen LogP contribution in [0.3, 0.4) is 0 Å². The van der Waals surface area contributed by atoms with Crippen LogP contribution in [0.25, 0.3) is 11.3 Å². The maximum Gasteiger partial charge on any atom is 0.187 e. The molecule has 0 aliphatic rings. The number of hydrogen-bond donors (Lipinski definition) is 2. The highest BCUT2D eigenvalue weighted by molar-refractivity contribution is 7.80. The number of furan rings is 1. The van der Waals surface area contributed by atoms with E-state index in [1.807, 2.05) is 12.1 Å². The van der Waals surface area contributed by atoms with E-state index in [2.05, 4.69) is 15.8 Å². The molecule has 0 atom stereocenters. The molecule has 0 aliphatic heterocycles. The average molecular weight is 372 g/mol. The number of nitrogens with one attached hydrogen (secondary N) is 2. The Bertz CT molecular complexity index is 704. The number of rotatable bonds is 6. The van der Waals surface area contributed by atoms with Gasteiger partial charge in [-0.2, -0.15) is 5.10 Å². The molecule has 2 rings (SSSR count). The molecular weight excluding hydrogens is 357 g/mol. The van der Waals surface area contributed by atoms with E-state index < -0.39 is 0 Å². The van der Waals surface area contributed by atoms with Gasteiger partial charge < -0.3 is 14.5 Å². The topological polar surface area (TPSA) is 58.8 Å². The van der Waals surface area contributed by atoms with Crippen LogP contribution in [-0.4, -0.2) is 31.6 Å². The Labute approximate surface area is 149 Å². The van der Waals surface area contributed by atoms with E-state index in [0.717, 1.165) is 5.56 Å². The number of methoxy groups -OCH3 is 1. The molecule has 0 spiro atoms. The number of halogens is 2. The third-order valence-electron chi connectivity index (χ3n) is 2.79. The molecule has 122 valence electrons. The standard InChI is InChI=1S/C15H15Cl2N3O2S/c1-21-8-7-18-15(23)20-19-9-10-5-6-13(22-10)11-3-2-4-12(16)14(11)17/h2-6,9H,7-8H2,1H3,(H2,18,20,23)/b19-9-. The number of ether oxygens (including phenoxy) is 1. The van der Waals surface area contributed by atoms with Crippen molar-refractivity contribution in [3.8, 4) is 11.3 Å². The lowest BCUT2D eigenvalue weighted by Crippen LogP contribution is -2.34. The molecule has 0 radical (unpaired) electrons. The Balaban J connectivity index is 1.96. The molecule has 5 nitrogen and oxygen atoms in total. The summed E-state index contributed by atoms with van der Waals surface area (Å²) in [4.78, 5) is 0. The highest BCUT2D eigenvalue weighted by atomic mass is 35.5. The first-order valence-corrected chi connectivity index (χ1v) is 7.88. The zero-order chi connectivity index (χ0) is 16.7. The van der Waals surface area contributed by atoms with Gasteiger partial charge in [0.25, 0.3) is 0 Å². The molecule has 1 heterocycles. The number of benzene rings is 1. The van der Waals surface area contributed by atoms with Gasteiger partial charge in [-0.3, -0.25) is 5.43 Å². The highest BCUT2D eigenvalue weighted by Crippen LogP contribution is 2.34. The molecule has 2 N–H and O–H groups in total. The van der Waals surface area contributed by atoms with Gasteiger partial charge in [-0.15, -0.1) is 0 Å². The van der Waals surface area contributed by atoms with Gasteiger partial charge in [-0.1, -0.05) is 29.3 Å². The lowest BCUT2D eigenvalue weighted by Gasteiger charge is -2.05. The molecule has 1 aromatic carbocycles. The van der Waals surface area contributed by atoms with Crippen molar-refractivity contribution in [3.63, 3.8) is 0 Å². The second-order valence-corrected chi connectivity index (χ2v) is 5.62. The van der Waals surface area contributed by atoms with Gasteiger partial charge in [0.15, 0.2) is 5.11 Å². The van der Waals surface area contributed by atoms with E-state index in [-0.39, 0.29) is 0 Å². The van der Waals surface area contributed by atoms with E-state index in [0.29, 0.717) is 39.8 Å². The zero-order valence-electron chi connectivity index (χ0n) is 12.3. The van der Waals surface area contributed by atoms with Crippen LogP contribution < -0.4 is 10.7 Å². The number of thiocarbonyl (C=S) groups is 1. The molecule has 2 aromatic rings. The highest BCUT2D eigenvalue weighted by Gasteiger charge is 2.10. The molecule has 8 heteroatoms. The molecule has 0 aliphatic carbocycles. The zero-order valence-corrected chi connectivity index (χ0v) is 14.6. The Morgan fingerprint density at radius 3 is 2.96 bits per heavy atom. The minimum Gasteiger partial charge on any atom is -0.455 e. The van der Waals surface area contributed by atoms with E-state index in [1.165, 1.54) is 6.21 Å². The summed E-state index contributed by atoms with van der Waals surface area (Å²) in [7, 11) is 1.62. The molecule has 1 aromatic heterocycles. The third-order valence-corrected chi connectivity index (χ3v) is 3.85. The fourth-order valence-corrected chi connectivity index (χ4v) is 2.27. The summed E-state index contributed by atoms with van der Waals surface area (Å²) < 4.78 is 10.6. The summed E-state index contributed by atoms with van der Waals surface area (Å²) in [6, 6.07) is 8.94. The monoisotopic (exact) mass is 371 g/mol. The van der Waals surface area contributed by atoms with Crippen LogP contribution in [0.1, 0.15) is 5.76 Å². The number of hydrogen-bond acceptors (Lipinski definition) is 4. The summed E-state index contributed by atoms with van der Waals surface area (Å²) in [5.41, 5.74) is 3.41. The van der Waals surface area contributed by atoms with Crippen molar-refractivity contribution in [2.45, 2.75) is 0 Å². The molecule has 0 bridgehead atoms. The normalized spacial score (nSPS) is 10.9. The molecular formula is C15H15Cl2N3O2S. The van der Waals surface area contributed by atoms with Crippen LogP contribution in [0.15, 0.2) is 39.9 Å². The van der Waals surface area contributed by atoms with Gasteiger partial charge in [-0.25, -0.2) is 0 Å². The van der Waals surface area contributed by atoms with Crippen LogP contribution in [0, 0.1) is 0 Å². The Hall–Kier alpha value is -1.60. The molecule has 23 heavy (non-hydrogen) atoms. The summed E-state index contributed by atoms with van der Waals surface area (Å²) in [6.45, 7) is 1.17. The Kier molecular flexibility index (Phi) is 6.85. The third kappa shape index (κ3) is 5.21. The van der Waals surface area contributed by atoms with E-state index in [4.69, 9.17) is 44.6 Å². The summed E-state index contributed by atoms with van der Waals surface area (Å²) in [5.74, 6) is 1.17. The molecule has 0 saturated carbocycles. The summed E-state index contributed by atoms with van der Waals surface area (Å²) in [5, 5.41) is 8.26. The van der Waals surface area contributed by atoms with Gasteiger partial charge in [0.1, 0.15) is 11.5 Å². The smallest absolute Gasteiger partial charge is 0.187 e. The van der Waals surface area contributed by atoms with Crippen molar-refractivity contribution in [2.75, 3.05) is 20.3 Å². The van der Waals surface area contributed by atoms with Crippen LogP contribution in [0.2, 0.25) is 10.0 Å². The number of hydrazone groups is 1. The van der Waals surface area contributed by atoms with Crippen LogP contribution in [0.4, 0.5) is 0 Å². The van der Waals surface area contributed by atoms with Crippen molar-refractivity contribution in [2.24, 2.45) is 5.10 Å². The molecule has 0 saturated heterocycles. The largest absolute Gasteiger partial charge is 0.455 e. The van der Waals surface area contributed by atoms with Crippen molar-refractivity contribution >= 4 is 46.7 Å². The Morgan fingerprint density at radius 1 is 1.35 bits per heavy atom. The first-order valence-electron chi connectivity index (χ1n) is 6.72. The fourth-order valence-electron chi connectivity index (χ4n) is 1.72. The maximum atomic E-state index is 6.17. The van der Waals surface area contributed by atoms with Gasteiger partial charge in [-0.05, 0) is 36.5 Å². The van der Waals surface area contributed by atoms with Gasteiger partial charge in [0.2, 0.25) is 0 Å². The second kappa shape index (κ2) is 8.88. The van der Waals surface area contributed by atoms with Crippen LogP contribution in [-0.2, 0) is 4.74 Å². The first-order chi connectivity index (χ1) is 11.1. The molecule has 0 unspecified atom stereocenters. The summed E-state index contributed by atoms with van der Waals surface area (Å²) >= 11 is 17.2. The fraction of sp³-hybridized carbons (Fsp3) is 0.200. The van der Waals surface area contributed by atoms with E-state index in [1.54, 1.807) is 25.3 Å². The lowest BCUT2D eigenvalue weighted by atomic mass is 10.2. The molecule has 0 fully saturated rings. The summed E-state index contributed by atoms with van der Waals surface area (Å²) in [6.07, 6.45) is 1.52. The predicted molar refractivity (Wildman–Crippen MR) is 97.4 cm³/mol. The minimum absolute atomic E-state index is 0.406. The Morgan fingerprint density at radius 2 is 2.17 bits per heavy atom. The minimum atomic E-state index is 0.406. The van der Waals surface area contributed by atoms with Gasteiger partial charge in [0, 0.05) is 19.2 Å². The maximum absolute atomic E-state index is 6.17. The van der Waals surface area contributed by atoms with Crippen molar-refractivity contribution < 1.29 is 9.15 Å². The first kappa shape index (κ1) is 17.7. The quantitative estimate of drug-likeness (QED) is 0.351. The van der Waals surface area contributed by atoms with Gasteiger partial charge >= 0.3 is 0 Å². The van der Waals surface area contributed by atoms with E-state index in [9.17, 15) is 0 Å². The molecule has 0 amide bonds. The lowest BCUT2D eigenvalue weighted by molar-refractivity contribution is 0.204. The van der Waals surface area contributed by atoms with Crippen molar-refractivity contribution in [1.82, 2.24) is 10.7 Å². The average Bonchev–Trinajstić information content (AvgIpc) is 2.99. The van der Waals surface area contributed by atoms with E-state index >= 15 is 0 Å². The van der Waals surface area contributed by atoms with Crippen molar-refractivity contribution in [3.05, 3.63) is 46.1 Å². The predicted octanol–water partition coefficient (Wildman–Crippen LogP) is 3.70. The van der Waals surface area contributed by atoms with Crippen LogP contribution >= 0.6 is 35.4 Å². The second-order valence-electron chi connectivity index (χ2n) is 4.42. The number of nitrogens with zero attached hydrogens (tertiary/aromatic N) is 1. The van der Waals surface area contributed by atoms with Gasteiger partial charge in [0.05, 0.1) is 22.9 Å². The SMILES string of the molecule is COCCNC(=S)N/N=C\c1ccc(-c2cccc(Cl)c2Cl)o1. The van der Waals surface area contributed by atoms with Crippen LogP contribution in [0.5, 0.6) is 0 Å².